The van der Waals surface area contributed by atoms with Gasteiger partial charge in [0.05, 0.1) is 27.7 Å². The van der Waals surface area contributed by atoms with Crippen molar-refractivity contribution >= 4 is 8.17 Å². The second-order valence-corrected chi connectivity index (χ2v) is 13.6. The van der Waals surface area contributed by atoms with E-state index in [4.69, 9.17) is 13.8 Å². The number of hydrogen-bond donors (Lipinski definition) is 2. The first kappa shape index (κ1) is 46.2. The first-order valence-corrected chi connectivity index (χ1v) is 16.2. The van der Waals surface area contributed by atoms with E-state index in [1.165, 1.54) is 0 Å². The van der Waals surface area contributed by atoms with Crippen molar-refractivity contribution in [3.63, 3.8) is 0 Å². The van der Waals surface area contributed by atoms with Gasteiger partial charge in [-0.05, 0) is 12.8 Å². The number of unbranched alkanes of at least 4 members (excludes halogenated alkanes) is 9. The van der Waals surface area contributed by atoms with Gasteiger partial charge in [-0.25, -0.2) is 0 Å². The summed E-state index contributed by atoms with van der Waals surface area (Å²) >= 11 is 0. The van der Waals surface area contributed by atoms with Crippen molar-refractivity contribution in [2.75, 3.05) is 54.1 Å². The number of phosphoric ester groups is 1. The van der Waals surface area contributed by atoms with Crippen LogP contribution in [0.15, 0.2) is 0 Å². The van der Waals surface area contributed by atoms with Gasteiger partial charge in [0.2, 0.25) is 0 Å². The Labute approximate surface area is 265 Å². The van der Waals surface area contributed by atoms with Crippen LogP contribution in [0.3, 0.4) is 0 Å². The van der Waals surface area contributed by atoms with E-state index in [1.54, 1.807) is 0 Å². The molecule has 7 nitrogen and oxygen atoms in total. The van der Waals surface area contributed by atoms with E-state index in [9.17, 15) is 72.0 Å². The van der Waals surface area contributed by atoms with E-state index in [-0.39, 0.29) is 32.7 Å². The Kier molecular flexibility index (Phi) is 18.2. The lowest BCUT2D eigenvalue weighted by molar-refractivity contribution is -0.870. The minimum Gasteiger partial charge on any atom is -0.606 e. The van der Waals surface area contributed by atoms with Crippen LogP contribution in [0.25, 0.3) is 0 Å². The third-order valence-electron chi connectivity index (χ3n) is 6.78. The van der Waals surface area contributed by atoms with E-state index in [0.29, 0.717) is 36.7 Å². The molecule has 0 rings (SSSR count). The largest absolute Gasteiger partial charge is 0.606 e. The Morgan fingerprint density at radius 1 is 0.596 bits per heavy atom. The molecule has 21 heteroatoms. The molecule has 0 aromatic carbocycles. The Hall–Kier alpha value is -0.760. The first-order valence-electron chi connectivity index (χ1n) is 14.7. The van der Waals surface area contributed by atoms with Crippen molar-refractivity contribution in [2.24, 2.45) is 0 Å². The number of alkyl halides is 13. The van der Waals surface area contributed by atoms with Gasteiger partial charge in [0.25, 0.3) is 0 Å². The Balaban J connectivity index is 4.15. The van der Waals surface area contributed by atoms with Crippen LogP contribution in [-0.4, -0.2) is 110 Å². The van der Waals surface area contributed by atoms with E-state index in [1.807, 2.05) is 21.1 Å². The molecule has 0 spiro atoms. The van der Waals surface area contributed by atoms with E-state index in [2.05, 4.69) is 0 Å². The predicted molar refractivity (Wildman–Crippen MR) is 142 cm³/mol. The molecule has 0 heterocycles. The number of halogens is 13. The van der Waals surface area contributed by atoms with Crippen LogP contribution in [0.4, 0.5) is 57.1 Å². The van der Waals surface area contributed by atoms with Gasteiger partial charge in [-0.3, -0.25) is 0 Å². The summed E-state index contributed by atoms with van der Waals surface area (Å²) in [6, 6.07) is 0. The van der Waals surface area contributed by atoms with Crippen LogP contribution >= 0.6 is 8.17 Å². The van der Waals surface area contributed by atoms with Crippen molar-refractivity contribution in [3.8, 4) is 0 Å². The minimum absolute atomic E-state index is 0.0231. The highest BCUT2D eigenvalue weighted by molar-refractivity contribution is 7.52. The number of rotatable bonds is 26. The molecule has 0 aliphatic rings. The normalized spacial score (nSPS) is 16.4. The van der Waals surface area contributed by atoms with Gasteiger partial charge in [-0.1, -0.05) is 51.4 Å². The van der Waals surface area contributed by atoms with Gasteiger partial charge in [0.1, 0.15) is 25.9 Å². The molecule has 0 saturated carbocycles. The predicted octanol–water partition coefficient (Wildman–Crippen LogP) is 7.16. The highest BCUT2D eigenvalue weighted by Crippen LogP contribution is 2.60. The first-order chi connectivity index (χ1) is 21.1. The van der Waals surface area contributed by atoms with Crippen molar-refractivity contribution in [1.82, 2.24) is 0 Å². The monoisotopic (exact) mass is 744 g/mol. The number of hydrogen-bond acceptors (Lipinski definition) is 6. The molecule has 0 bridgehead atoms. The lowest BCUT2D eigenvalue weighted by Gasteiger charge is -2.39. The van der Waals surface area contributed by atoms with Crippen LogP contribution in [0.2, 0.25) is 0 Å². The Morgan fingerprint density at radius 2 is 1.02 bits per heavy atom. The van der Waals surface area contributed by atoms with Crippen molar-refractivity contribution in [2.45, 2.75) is 113 Å². The van der Waals surface area contributed by atoms with Crippen LogP contribution in [0.5, 0.6) is 0 Å². The summed E-state index contributed by atoms with van der Waals surface area (Å²) in [6.45, 7) is 0.0912. The summed E-state index contributed by atoms with van der Waals surface area (Å²) in [7, 11) is 1.28. The van der Waals surface area contributed by atoms with Crippen LogP contribution < -0.4 is 4.89 Å². The van der Waals surface area contributed by atoms with Gasteiger partial charge < -0.3 is 19.2 Å². The SMILES string of the molecule is C[N+](C)(C)CCO[P+]([O-])(O)OC[C@H](O)COCCCCCCCCCCCCC(F)(F)C(F)(F)C(F)(F)C(F)(F)C(F)(F)C(F)(F)F. The summed E-state index contributed by atoms with van der Waals surface area (Å²) in [6.07, 6.45) is -7.23. The smallest absolute Gasteiger partial charge is 0.460 e. The lowest BCUT2D eigenvalue weighted by Crippen LogP contribution is -2.70. The Morgan fingerprint density at radius 3 is 1.47 bits per heavy atom. The quantitative estimate of drug-likeness (QED) is 0.0423. The Bertz CT molecular complexity index is 890. The molecule has 0 aromatic heterocycles. The van der Waals surface area contributed by atoms with Gasteiger partial charge >= 0.3 is 44.0 Å². The maximum atomic E-state index is 13.8. The molecule has 284 valence electrons. The lowest BCUT2D eigenvalue weighted by atomic mass is 9.91. The molecule has 1 unspecified atom stereocenters. The third kappa shape index (κ3) is 14.6. The number of phosphoric acid groups is 1. The van der Waals surface area contributed by atoms with Crippen LogP contribution in [0, 0.1) is 0 Å². The highest BCUT2D eigenvalue weighted by atomic mass is 31.2. The zero-order valence-electron chi connectivity index (χ0n) is 26.2. The van der Waals surface area contributed by atoms with Gasteiger partial charge in [-0.15, -0.1) is 0 Å². The van der Waals surface area contributed by atoms with Gasteiger partial charge in [-0.2, -0.15) is 71.0 Å². The number of ether oxygens (including phenoxy) is 1. The molecule has 2 atom stereocenters. The number of nitrogens with zero attached hydrogens (tertiary/aromatic N) is 1. The van der Waals surface area contributed by atoms with Crippen LogP contribution in [-0.2, 0) is 13.8 Å². The molecule has 0 aliphatic carbocycles. The van der Waals surface area contributed by atoms with E-state index >= 15 is 0 Å². The fourth-order valence-electron chi connectivity index (χ4n) is 3.84. The summed E-state index contributed by atoms with van der Waals surface area (Å²) < 4.78 is 186. The second-order valence-electron chi connectivity index (χ2n) is 12.1. The molecule has 2 N–H and O–H groups in total. The number of aliphatic hydroxyl groups is 1. The van der Waals surface area contributed by atoms with Gasteiger partial charge in [0, 0.05) is 13.0 Å². The zero-order chi connectivity index (χ0) is 37.0. The fourth-order valence-corrected chi connectivity index (χ4v) is 4.59. The topological polar surface area (TPSA) is 91.2 Å². The minimum atomic E-state index is -7.87. The molecular formula is C26H44F13NO6P+. The molecule has 0 saturated heterocycles. The molecule has 0 aliphatic heterocycles. The molecular weight excluding hydrogens is 700 g/mol. The van der Waals surface area contributed by atoms with Crippen LogP contribution in [0.1, 0.15) is 70.6 Å². The number of likely N-dealkylation sites (N-methyl/N-ethyl adjacent to an activating group) is 1. The molecule has 0 fully saturated rings. The molecule has 47 heavy (non-hydrogen) atoms. The van der Waals surface area contributed by atoms with Crippen molar-refractivity contribution < 1.29 is 90.2 Å². The maximum absolute atomic E-state index is 13.8. The van der Waals surface area contributed by atoms with E-state index < -0.39 is 69.5 Å². The zero-order valence-corrected chi connectivity index (χ0v) is 27.1. The molecule has 0 radical (unpaired) electrons. The standard InChI is InChI=1S/C26H43F13NO6P/c1-40(2,3)15-17-45-47(42,43)46-19-20(41)18-44-16-13-11-9-7-5-4-6-8-10-12-14-21(27,28)22(29,30)23(31,32)24(33,34)25(35,36)26(37,38)39/h20,41H,4-19H2,1-3H3/p+1/t20-/m1/s1. The average Bonchev–Trinajstić information content (AvgIpc) is 2.90. The van der Waals surface area contributed by atoms with E-state index in [0.717, 1.165) is 19.3 Å². The van der Waals surface area contributed by atoms with Gasteiger partial charge in [0.15, 0.2) is 0 Å². The summed E-state index contributed by atoms with van der Waals surface area (Å²) in [5.74, 6) is -36.6. The third-order valence-corrected chi connectivity index (χ3v) is 7.77. The highest BCUT2D eigenvalue weighted by Gasteiger charge is 2.90. The second kappa shape index (κ2) is 18.5. The molecule has 0 aromatic rings. The van der Waals surface area contributed by atoms with Crippen molar-refractivity contribution in [1.29, 1.82) is 0 Å². The van der Waals surface area contributed by atoms with Crippen molar-refractivity contribution in [3.05, 3.63) is 0 Å². The average molecular weight is 745 g/mol. The number of quaternary nitrogens is 1. The summed E-state index contributed by atoms with van der Waals surface area (Å²) in [5, 5.41) is 9.80. The molecule has 0 amide bonds. The number of aliphatic hydroxyl groups excluding tert-OH is 1. The summed E-state index contributed by atoms with van der Waals surface area (Å²) in [4.78, 5) is 21.4. The summed E-state index contributed by atoms with van der Waals surface area (Å²) in [5.41, 5.74) is 0. The fraction of sp³-hybridized carbons (Fsp3) is 1.00. The maximum Gasteiger partial charge on any atom is 0.460 e.